The van der Waals surface area contributed by atoms with Crippen LogP contribution in [-0.4, -0.2) is 28.8 Å². The molecule has 2 aromatic carbocycles. The number of carbonyl (C=O) groups is 1. The maximum Gasteiger partial charge on any atom is 0.416 e. The summed E-state index contributed by atoms with van der Waals surface area (Å²) in [4.78, 5) is 38.3. The molecule has 0 radical (unpaired) electrons. The lowest BCUT2D eigenvalue weighted by molar-refractivity contribution is -0.137. The van der Waals surface area contributed by atoms with Gasteiger partial charge in [-0.1, -0.05) is 23.7 Å². The Bertz CT molecular complexity index is 1270. The number of alkyl halides is 3. The van der Waals surface area contributed by atoms with Crippen molar-refractivity contribution < 1.29 is 22.7 Å². The highest BCUT2D eigenvalue weighted by Crippen LogP contribution is 2.33. The van der Waals surface area contributed by atoms with E-state index in [1.807, 2.05) is 0 Å². The Kier molecular flexibility index (Phi) is 7.05. The van der Waals surface area contributed by atoms with Gasteiger partial charge in [0.05, 0.1) is 27.2 Å². The smallest absolute Gasteiger partial charge is 0.385 e. The number of nitrogens with zero attached hydrogens (tertiary/aromatic N) is 2. The van der Waals surface area contributed by atoms with Crippen LogP contribution in [0.5, 0.6) is 0 Å². The van der Waals surface area contributed by atoms with Crippen LogP contribution in [0.3, 0.4) is 0 Å². The fourth-order valence-electron chi connectivity index (χ4n) is 3.22. The number of benzene rings is 2. The van der Waals surface area contributed by atoms with E-state index in [0.29, 0.717) is 19.1 Å². The highest BCUT2D eigenvalue weighted by molar-refractivity contribution is 6.33. The molecule has 0 fully saturated rings. The minimum Gasteiger partial charge on any atom is -0.385 e. The average molecular weight is 470 g/mol. The predicted octanol–water partition coefficient (Wildman–Crippen LogP) is 3.51. The molecule has 0 aliphatic heterocycles. The van der Waals surface area contributed by atoms with Crippen LogP contribution in [0.25, 0.3) is 10.9 Å². The highest BCUT2D eigenvalue weighted by atomic mass is 35.5. The first-order valence-electron chi connectivity index (χ1n) is 9.51. The van der Waals surface area contributed by atoms with E-state index in [2.05, 4.69) is 5.32 Å². The number of aromatic nitrogens is 2. The number of halogens is 4. The Labute approximate surface area is 185 Å². The molecular weight excluding hydrogens is 451 g/mol. The summed E-state index contributed by atoms with van der Waals surface area (Å²) in [5, 5.41) is 2.45. The van der Waals surface area contributed by atoms with Gasteiger partial charge in [-0.25, -0.2) is 4.79 Å². The van der Waals surface area contributed by atoms with Gasteiger partial charge in [0.2, 0.25) is 5.91 Å². The van der Waals surface area contributed by atoms with Gasteiger partial charge in [0.1, 0.15) is 6.54 Å². The van der Waals surface area contributed by atoms with Gasteiger partial charge in [0.15, 0.2) is 0 Å². The Balaban J connectivity index is 1.98. The molecule has 1 aromatic heterocycles. The number of nitrogens with one attached hydrogen (secondary N) is 1. The summed E-state index contributed by atoms with van der Waals surface area (Å²) in [6.45, 7) is -0.124. The first kappa shape index (κ1) is 23.6. The fourth-order valence-corrected chi connectivity index (χ4v) is 3.38. The normalized spacial score (nSPS) is 11.7. The molecule has 3 aromatic rings. The maximum atomic E-state index is 13.0. The van der Waals surface area contributed by atoms with Gasteiger partial charge in [0, 0.05) is 20.3 Å². The van der Waals surface area contributed by atoms with E-state index in [4.69, 9.17) is 16.3 Å². The number of anilines is 1. The lowest BCUT2D eigenvalue weighted by Gasteiger charge is -2.15. The second kappa shape index (κ2) is 9.58. The molecule has 0 atom stereocenters. The first-order valence-corrected chi connectivity index (χ1v) is 9.89. The van der Waals surface area contributed by atoms with Gasteiger partial charge < -0.3 is 10.1 Å². The third kappa shape index (κ3) is 5.03. The molecule has 11 heteroatoms. The second-order valence-electron chi connectivity index (χ2n) is 6.93. The van der Waals surface area contributed by atoms with Gasteiger partial charge in [0.25, 0.3) is 5.56 Å². The third-order valence-electron chi connectivity index (χ3n) is 4.73. The van der Waals surface area contributed by atoms with Crippen molar-refractivity contribution in [3.8, 4) is 0 Å². The van der Waals surface area contributed by atoms with Crippen molar-refractivity contribution >= 4 is 34.1 Å². The Morgan fingerprint density at radius 3 is 2.53 bits per heavy atom. The minimum absolute atomic E-state index is 0.0808. The number of fused-ring (bicyclic) bond motifs is 1. The van der Waals surface area contributed by atoms with Crippen molar-refractivity contribution in [1.82, 2.24) is 9.13 Å². The van der Waals surface area contributed by atoms with Crippen molar-refractivity contribution in [2.24, 2.45) is 0 Å². The lowest BCUT2D eigenvalue weighted by Crippen LogP contribution is -2.42. The molecule has 0 spiro atoms. The van der Waals surface area contributed by atoms with Crippen molar-refractivity contribution in [3.63, 3.8) is 0 Å². The zero-order valence-electron chi connectivity index (χ0n) is 16.9. The highest BCUT2D eigenvalue weighted by Gasteiger charge is 2.31. The van der Waals surface area contributed by atoms with Gasteiger partial charge in [-0.15, -0.1) is 0 Å². The number of rotatable bonds is 7. The SMILES string of the molecule is COCCCn1c(=O)c2ccccc2n(CC(=O)Nc2cc(C(F)(F)F)ccc2Cl)c1=O. The number of carbonyl (C=O) groups excluding carboxylic acids is 1. The molecule has 3 rings (SSSR count). The predicted molar refractivity (Wildman–Crippen MR) is 114 cm³/mol. The molecule has 1 heterocycles. The zero-order valence-corrected chi connectivity index (χ0v) is 17.7. The van der Waals surface area contributed by atoms with E-state index in [1.165, 1.54) is 19.2 Å². The van der Waals surface area contributed by atoms with Crippen molar-refractivity contribution in [2.75, 3.05) is 19.0 Å². The van der Waals surface area contributed by atoms with Crippen molar-refractivity contribution in [2.45, 2.75) is 25.7 Å². The van der Waals surface area contributed by atoms with Crippen molar-refractivity contribution in [1.29, 1.82) is 0 Å². The van der Waals surface area contributed by atoms with Crippen LogP contribution in [0.4, 0.5) is 18.9 Å². The number of hydrogen-bond donors (Lipinski definition) is 1. The third-order valence-corrected chi connectivity index (χ3v) is 5.06. The first-order chi connectivity index (χ1) is 15.1. The monoisotopic (exact) mass is 469 g/mol. The molecule has 170 valence electrons. The Morgan fingerprint density at radius 1 is 1.12 bits per heavy atom. The molecule has 1 amide bonds. The van der Waals surface area contributed by atoms with Gasteiger partial charge in [-0.05, 0) is 36.8 Å². The molecule has 0 aliphatic carbocycles. The molecular formula is C21H19ClF3N3O4. The largest absolute Gasteiger partial charge is 0.416 e. The van der Waals surface area contributed by atoms with Crippen LogP contribution in [0.2, 0.25) is 5.02 Å². The molecule has 0 saturated carbocycles. The summed E-state index contributed by atoms with van der Waals surface area (Å²) in [7, 11) is 1.49. The Hall–Kier alpha value is -3.11. The van der Waals surface area contributed by atoms with E-state index >= 15 is 0 Å². The minimum atomic E-state index is -4.62. The van der Waals surface area contributed by atoms with Crippen LogP contribution < -0.4 is 16.6 Å². The molecule has 0 saturated heterocycles. The number of ether oxygens (including phenoxy) is 1. The van der Waals surface area contributed by atoms with Gasteiger partial charge in [-0.3, -0.25) is 18.7 Å². The van der Waals surface area contributed by atoms with E-state index in [9.17, 15) is 27.6 Å². The molecule has 0 bridgehead atoms. The summed E-state index contributed by atoms with van der Waals surface area (Å²) in [5.41, 5.74) is -2.20. The van der Waals surface area contributed by atoms with Crippen LogP contribution in [0.15, 0.2) is 52.1 Å². The number of hydrogen-bond acceptors (Lipinski definition) is 4. The summed E-state index contributed by atoms with van der Waals surface area (Å²) in [6, 6.07) is 8.81. The average Bonchev–Trinajstić information content (AvgIpc) is 2.74. The van der Waals surface area contributed by atoms with Crippen LogP contribution in [-0.2, 0) is 28.8 Å². The molecule has 0 unspecified atom stereocenters. The summed E-state index contributed by atoms with van der Waals surface area (Å²) in [6.07, 6.45) is -4.22. The van der Waals surface area contributed by atoms with Crippen LogP contribution in [0, 0.1) is 0 Å². The lowest BCUT2D eigenvalue weighted by atomic mass is 10.2. The molecule has 32 heavy (non-hydrogen) atoms. The molecule has 0 aliphatic rings. The quantitative estimate of drug-likeness (QED) is 0.537. The van der Waals surface area contributed by atoms with Gasteiger partial charge >= 0.3 is 11.9 Å². The maximum absolute atomic E-state index is 13.0. The van der Waals surface area contributed by atoms with E-state index < -0.39 is 35.4 Å². The second-order valence-corrected chi connectivity index (χ2v) is 7.34. The molecule has 1 N–H and O–H groups in total. The summed E-state index contributed by atoms with van der Waals surface area (Å²) in [5.74, 6) is -0.777. The van der Waals surface area contributed by atoms with E-state index in [0.717, 1.165) is 21.3 Å². The number of methoxy groups -OCH3 is 1. The van der Waals surface area contributed by atoms with E-state index in [-0.39, 0.29) is 28.2 Å². The number of para-hydroxylation sites is 1. The standard InChI is InChI=1S/C21H19ClF3N3O4/c1-32-10-4-9-27-19(30)14-5-2-3-6-17(14)28(20(27)31)12-18(29)26-16-11-13(21(23,24)25)7-8-15(16)22/h2-3,5-8,11H,4,9-10,12H2,1H3,(H,26,29). The van der Waals surface area contributed by atoms with Gasteiger partial charge in [-0.2, -0.15) is 13.2 Å². The number of amides is 1. The van der Waals surface area contributed by atoms with Crippen molar-refractivity contribution in [3.05, 3.63) is 73.9 Å². The fraction of sp³-hybridized carbons (Fsp3) is 0.286. The van der Waals surface area contributed by atoms with Crippen LogP contribution >= 0.6 is 11.6 Å². The summed E-state index contributed by atoms with van der Waals surface area (Å²) >= 11 is 5.93. The summed E-state index contributed by atoms with van der Waals surface area (Å²) < 4.78 is 46.0. The molecule has 7 nitrogen and oxygen atoms in total. The topological polar surface area (TPSA) is 82.3 Å². The van der Waals surface area contributed by atoms with E-state index in [1.54, 1.807) is 12.1 Å². The van der Waals surface area contributed by atoms with Crippen LogP contribution in [0.1, 0.15) is 12.0 Å². The Morgan fingerprint density at radius 2 is 1.84 bits per heavy atom. The zero-order chi connectivity index (χ0) is 23.5.